The molecule has 2 fully saturated rings. The number of aliphatic hydroxyl groups excluding tert-OH is 6. The molecule has 1 aliphatic carbocycles. The van der Waals surface area contributed by atoms with Crippen molar-refractivity contribution in [2.45, 2.75) is 242 Å². The lowest BCUT2D eigenvalue weighted by Crippen LogP contribution is -2.56. The van der Waals surface area contributed by atoms with Crippen molar-refractivity contribution in [1.29, 1.82) is 0 Å². The van der Waals surface area contributed by atoms with Gasteiger partial charge in [-0.2, -0.15) is 0 Å². The van der Waals surface area contributed by atoms with Gasteiger partial charge in [0.25, 0.3) is 0 Å². The molecule has 0 amide bonds. The van der Waals surface area contributed by atoms with E-state index in [2.05, 4.69) is 6.92 Å². The monoisotopic (exact) mass is 1020 g/mol. The van der Waals surface area contributed by atoms with Crippen molar-refractivity contribution in [3.63, 3.8) is 0 Å². The first kappa shape index (κ1) is 62.4. The number of phosphoric acid groups is 2. The molecule has 2 aliphatic rings. The minimum atomic E-state index is -5.77. The van der Waals surface area contributed by atoms with Gasteiger partial charge in [0.2, 0.25) is 0 Å². The molecule has 398 valence electrons. The zero-order valence-electron chi connectivity index (χ0n) is 40.5. The average Bonchev–Trinajstić information content (AvgIpc) is 3.28. The number of fused-ring (bicyclic) bond motifs is 4. The van der Waals surface area contributed by atoms with Crippen molar-refractivity contribution in [3.05, 3.63) is 12.2 Å². The summed E-state index contributed by atoms with van der Waals surface area (Å²) in [6.07, 6.45) is 2.83. The van der Waals surface area contributed by atoms with Crippen molar-refractivity contribution in [2.24, 2.45) is 11.8 Å². The Balaban J connectivity index is 2.27. The van der Waals surface area contributed by atoms with E-state index in [4.69, 9.17) is 23.0 Å². The molecule has 68 heavy (non-hydrogen) atoms. The van der Waals surface area contributed by atoms with Gasteiger partial charge in [0.05, 0.1) is 31.0 Å². The molecule has 1 saturated heterocycles. The molecule has 0 radical (unpaired) electrons. The number of rotatable bonds is 26. The average molecular weight is 1020 g/mol. The number of carbonyl (C=O) groups is 3. The van der Waals surface area contributed by atoms with Crippen LogP contribution in [0, 0.1) is 11.8 Å². The predicted octanol–water partition coefficient (Wildman–Crippen LogP) is 6.54. The van der Waals surface area contributed by atoms with Crippen LogP contribution in [0.4, 0.5) is 0 Å². The molecule has 1 saturated carbocycles. The highest BCUT2D eigenvalue weighted by Crippen LogP contribution is 2.49. The van der Waals surface area contributed by atoms with Crippen molar-refractivity contribution in [3.8, 4) is 0 Å². The van der Waals surface area contributed by atoms with Crippen molar-refractivity contribution < 1.29 is 91.9 Å². The van der Waals surface area contributed by atoms with Crippen LogP contribution in [0.3, 0.4) is 0 Å². The number of ether oxygens (including phenoxy) is 2. The summed E-state index contributed by atoms with van der Waals surface area (Å²) in [5, 5.41) is 68.2. The summed E-state index contributed by atoms with van der Waals surface area (Å²) in [4.78, 5) is 70.4. The second-order valence-electron chi connectivity index (χ2n) is 18.7. The molecule has 1 heterocycles. The molecule has 0 spiro atoms. The van der Waals surface area contributed by atoms with Gasteiger partial charge in [-0.15, -0.1) is 0 Å². The van der Waals surface area contributed by atoms with E-state index in [-0.39, 0.29) is 32.1 Å². The summed E-state index contributed by atoms with van der Waals surface area (Å²) in [5.74, 6) is -5.44. The Morgan fingerprint density at radius 3 is 1.93 bits per heavy atom. The van der Waals surface area contributed by atoms with Gasteiger partial charge in [0.1, 0.15) is 36.8 Å². The Bertz CT molecular complexity index is 1530. The number of hydrogen-bond donors (Lipinski definition) is 9. The van der Waals surface area contributed by atoms with Crippen molar-refractivity contribution in [2.75, 3.05) is 13.2 Å². The van der Waals surface area contributed by atoms with Gasteiger partial charge in [-0.25, -0.2) is 9.13 Å². The number of ketones is 1. The number of Topliss-reactive ketones (excluding diaryl/α,β-unsaturated/α-hetero) is 1. The minimum Gasteiger partial charge on any atom is -0.462 e. The lowest BCUT2D eigenvalue weighted by atomic mass is 9.83. The molecule has 2 bridgehead atoms. The maximum absolute atomic E-state index is 13.7. The summed E-state index contributed by atoms with van der Waals surface area (Å²) in [6.45, 7) is 2.60. The molecule has 2 rings (SSSR count). The summed E-state index contributed by atoms with van der Waals surface area (Å²) < 4.78 is 52.2. The topological polar surface area (TPSA) is 314 Å². The number of aliphatic hydroxyl groups is 6. The maximum atomic E-state index is 13.7. The van der Waals surface area contributed by atoms with Crippen LogP contribution >= 0.6 is 15.6 Å². The predicted molar refractivity (Wildman–Crippen MR) is 252 cm³/mol. The van der Waals surface area contributed by atoms with Gasteiger partial charge < -0.3 is 54.8 Å². The van der Waals surface area contributed by atoms with Crippen LogP contribution in [0.15, 0.2) is 12.2 Å². The Hall–Kier alpha value is -1.67. The highest BCUT2D eigenvalue weighted by atomic mass is 31.2. The summed E-state index contributed by atoms with van der Waals surface area (Å²) >= 11 is 0. The smallest absolute Gasteiger partial charge is 0.462 e. The third kappa shape index (κ3) is 26.1. The van der Waals surface area contributed by atoms with Gasteiger partial charge >= 0.3 is 27.6 Å². The van der Waals surface area contributed by atoms with Crippen molar-refractivity contribution in [1.82, 2.24) is 0 Å². The summed E-state index contributed by atoms with van der Waals surface area (Å²) in [7, 11) is -11.4. The van der Waals surface area contributed by atoms with E-state index < -0.39 is 120 Å². The number of hydrogen-bond acceptors (Lipinski definition) is 16. The van der Waals surface area contributed by atoms with Gasteiger partial charge in [0.15, 0.2) is 6.10 Å². The zero-order chi connectivity index (χ0) is 50.5. The Kier molecular flexibility index (Phi) is 31.8. The van der Waals surface area contributed by atoms with E-state index in [9.17, 15) is 68.8 Å². The Morgan fingerprint density at radius 2 is 1.34 bits per heavy atom. The van der Waals surface area contributed by atoms with Gasteiger partial charge in [-0.3, -0.25) is 28.0 Å². The molecule has 0 aromatic rings. The van der Waals surface area contributed by atoms with E-state index in [0.717, 1.165) is 44.6 Å². The number of unbranched alkanes of at least 4 members (excludes halogenated alkanes) is 16. The summed E-state index contributed by atoms with van der Waals surface area (Å²) in [6, 6.07) is 0. The van der Waals surface area contributed by atoms with E-state index in [0.29, 0.717) is 32.1 Å². The lowest BCUT2D eigenvalue weighted by molar-refractivity contribution is -0.165. The molecule has 1 aliphatic heterocycles. The van der Waals surface area contributed by atoms with Gasteiger partial charge in [-0.05, 0) is 25.7 Å². The number of cyclic esters (lactones) is 1. The molecule has 9 N–H and O–H groups in total. The van der Waals surface area contributed by atoms with Gasteiger partial charge in [0, 0.05) is 31.1 Å². The fourth-order valence-electron chi connectivity index (χ4n) is 8.70. The first-order valence-electron chi connectivity index (χ1n) is 25.3. The quantitative estimate of drug-likeness (QED) is 0.0192. The SMILES string of the molecule is CCCCCCCCCCCCCCCCCC(=O)OC[C@@H]1COP(=O)(O)O[C@H]2[C@H](O)[C@@H](O)[C@H](O)[C@@H](CCCCCCC(=O)O1)C(=O)C[C@@H](O)[C@H](/C=C/[C@@H](O)CCCCC)[C@@H](O)[C@H]2OP(=O)(O)O. The van der Waals surface area contributed by atoms with Crippen molar-refractivity contribution >= 4 is 33.4 Å². The third-order valence-electron chi connectivity index (χ3n) is 12.7. The van der Waals surface area contributed by atoms with Crippen LogP contribution in [-0.2, 0) is 46.6 Å². The Labute approximate surface area is 403 Å². The highest BCUT2D eigenvalue weighted by Gasteiger charge is 2.51. The molecule has 0 aromatic heterocycles. The third-order valence-corrected chi connectivity index (χ3v) is 14.2. The number of phosphoric ester groups is 2. The van der Waals surface area contributed by atoms with E-state index in [1.807, 2.05) is 6.92 Å². The standard InChI is InChI=1S/C47H86O19P2/c1-3-5-7-8-9-10-11-12-13-14-15-16-17-18-23-27-40(51)62-32-35-33-63-68(60,61)66-47-45(56)44(55)42(53)36(26-22-19-20-24-28-41(52)64-35)38(49)31-39(50)37(30-29-34(48)25-21-6-4-2)43(54)46(47)65-67(57,58)59/h29-30,34-37,39,42-48,50,53-56H,3-28,31-33H2,1-2H3,(H,60,61)(H2,57,58,59)/b30-29+/t34-,35+,36-,37-,39+,42+,43+,44-,45+,46+,47-/m0/s1. The lowest BCUT2D eigenvalue weighted by Gasteiger charge is -2.38. The minimum absolute atomic E-state index is 0.0631. The second-order valence-corrected chi connectivity index (χ2v) is 21.3. The van der Waals surface area contributed by atoms with Crippen LogP contribution in [0.1, 0.15) is 187 Å². The highest BCUT2D eigenvalue weighted by molar-refractivity contribution is 7.47. The molecule has 1 unspecified atom stereocenters. The van der Waals surface area contributed by atoms with E-state index in [1.165, 1.54) is 70.3 Å². The first-order valence-corrected chi connectivity index (χ1v) is 28.4. The number of carbonyl (C=O) groups excluding carboxylic acids is 3. The first-order chi connectivity index (χ1) is 32.3. The van der Waals surface area contributed by atoms with Crippen LogP contribution in [-0.4, -0.2) is 131 Å². The van der Waals surface area contributed by atoms with Gasteiger partial charge in [-0.1, -0.05) is 154 Å². The molecular formula is C47H86O19P2. The fraction of sp³-hybridized carbons (Fsp3) is 0.894. The van der Waals surface area contributed by atoms with Crippen LogP contribution in [0.25, 0.3) is 0 Å². The van der Waals surface area contributed by atoms with E-state index in [1.54, 1.807) is 0 Å². The maximum Gasteiger partial charge on any atom is 0.472 e. The Morgan fingerprint density at radius 1 is 0.779 bits per heavy atom. The fourth-order valence-corrected chi connectivity index (χ4v) is 10.2. The van der Waals surface area contributed by atoms with Crippen LogP contribution in [0.5, 0.6) is 0 Å². The van der Waals surface area contributed by atoms with Crippen LogP contribution < -0.4 is 0 Å². The summed E-state index contributed by atoms with van der Waals surface area (Å²) in [5.41, 5.74) is 0. The van der Waals surface area contributed by atoms with Crippen LogP contribution in [0.2, 0.25) is 0 Å². The molecule has 0 aromatic carbocycles. The largest absolute Gasteiger partial charge is 0.472 e. The molecule has 19 nitrogen and oxygen atoms in total. The zero-order valence-corrected chi connectivity index (χ0v) is 42.3. The second kappa shape index (κ2) is 34.7. The van der Waals surface area contributed by atoms with E-state index >= 15 is 0 Å². The number of esters is 2. The molecular weight excluding hydrogens is 930 g/mol. The molecule has 21 heteroatoms. The normalized spacial score (nSPS) is 30.4. The molecule has 12 atom stereocenters.